The molecule has 3 aromatic carbocycles. The van der Waals surface area contributed by atoms with E-state index in [0.717, 1.165) is 22.2 Å². The Morgan fingerprint density at radius 1 is 0.857 bits per heavy atom. The number of halogens is 1. The molecule has 0 saturated carbocycles. The lowest BCUT2D eigenvalue weighted by atomic mass is 9.88. The second-order valence-electron chi connectivity index (χ2n) is 8.40. The Kier molecular flexibility index (Phi) is 8.63. The van der Waals surface area contributed by atoms with E-state index in [0.29, 0.717) is 25.9 Å². The van der Waals surface area contributed by atoms with Crippen molar-refractivity contribution < 1.29 is 4.79 Å². The fourth-order valence-electron chi connectivity index (χ4n) is 4.11. The van der Waals surface area contributed by atoms with Crippen LogP contribution in [-0.4, -0.2) is 22.2 Å². The molecule has 0 aliphatic carbocycles. The van der Waals surface area contributed by atoms with Gasteiger partial charge in [0.05, 0.1) is 5.69 Å². The highest BCUT2D eigenvalue weighted by Crippen LogP contribution is 2.27. The molecule has 4 aromatic rings. The number of hydrogen-bond donors (Lipinski definition) is 1. The molecule has 1 aromatic heterocycles. The maximum atomic E-state index is 12.5. The SMILES string of the molecule is O=C(CCCn1nc(-c2ccc(Br)cc2)ccc1=O)NCCC(c1ccccc1)c1ccccc1. The van der Waals surface area contributed by atoms with E-state index in [-0.39, 0.29) is 17.4 Å². The first kappa shape index (κ1) is 24.6. The molecule has 35 heavy (non-hydrogen) atoms. The summed E-state index contributed by atoms with van der Waals surface area (Å²) in [5.41, 5.74) is 3.98. The Labute approximate surface area is 214 Å². The van der Waals surface area contributed by atoms with Gasteiger partial charge in [0, 0.05) is 41.5 Å². The van der Waals surface area contributed by atoms with Crippen LogP contribution in [0.2, 0.25) is 0 Å². The van der Waals surface area contributed by atoms with Gasteiger partial charge in [0.25, 0.3) is 5.56 Å². The highest BCUT2D eigenvalue weighted by molar-refractivity contribution is 9.10. The number of nitrogens with one attached hydrogen (secondary N) is 1. The van der Waals surface area contributed by atoms with Crippen molar-refractivity contribution in [2.24, 2.45) is 0 Å². The van der Waals surface area contributed by atoms with Crippen LogP contribution in [-0.2, 0) is 11.3 Å². The molecule has 1 heterocycles. The van der Waals surface area contributed by atoms with Gasteiger partial charge in [0.2, 0.25) is 5.91 Å². The first-order valence-corrected chi connectivity index (χ1v) is 12.6. The molecule has 0 radical (unpaired) electrons. The van der Waals surface area contributed by atoms with Crippen molar-refractivity contribution in [2.45, 2.75) is 31.7 Å². The number of carbonyl (C=O) groups is 1. The number of aromatic nitrogens is 2. The highest BCUT2D eigenvalue weighted by atomic mass is 79.9. The molecule has 178 valence electrons. The van der Waals surface area contributed by atoms with Crippen LogP contribution in [0.5, 0.6) is 0 Å². The van der Waals surface area contributed by atoms with Crippen molar-refractivity contribution in [1.29, 1.82) is 0 Å². The van der Waals surface area contributed by atoms with Gasteiger partial charge in [-0.25, -0.2) is 4.68 Å². The van der Waals surface area contributed by atoms with Gasteiger partial charge >= 0.3 is 0 Å². The van der Waals surface area contributed by atoms with Crippen molar-refractivity contribution in [1.82, 2.24) is 15.1 Å². The number of hydrogen-bond acceptors (Lipinski definition) is 3. The van der Waals surface area contributed by atoms with Crippen molar-refractivity contribution in [2.75, 3.05) is 6.54 Å². The predicted molar refractivity (Wildman–Crippen MR) is 143 cm³/mol. The maximum absolute atomic E-state index is 12.5. The van der Waals surface area contributed by atoms with Gasteiger partial charge in [-0.15, -0.1) is 0 Å². The number of carbonyl (C=O) groups excluding carboxylic acids is 1. The predicted octanol–water partition coefficient (Wildman–Crippen LogP) is 5.79. The minimum atomic E-state index is -0.167. The summed E-state index contributed by atoms with van der Waals surface area (Å²) in [6.45, 7) is 0.984. The van der Waals surface area contributed by atoms with E-state index < -0.39 is 0 Å². The lowest BCUT2D eigenvalue weighted by molar-refractivity contribution is -0.121. The van der Waals surface area contributed by atoms with Gasteiger partial charge in [0.15, 0.2) is 0 Å². The summed E-state index contributed by atoms with van der Waals surface area (Å²) in [6, 6.07) is 31.8. The first-order chi connectivity index (χ1) is 17.1. The summed E-state index contributed by atoms with van der Waals surface area (Å²) in [5.74, 6) is 0.212. The van der Waals surface area contributed by atoms with Crippen LogP contribution in [0.3, 0.4) is 0 Å². The highest BCUT2D eigenvalue weighted by Gasteiger charge is 2.14. The average Bonchev–Trinajstić information content (AvgIpc) is 2.89. The van der Waals surface area contributed by atoms with E-state index in [2.05, 4.69) is 50.6 Å². The van der Waals surface area contributed by atoms with Crippen LogP contribution < -0.4 is 10.9 Å². The Hall–Kier alpha value is -3.51. The fraction of sp³-hybridized carbons (Fsp3) is 0.207. The number of rotatable bonds is 10. The monoisotopic (exact) mass is 529 g/mol. The summed E-state index contributed by atoms with van der Waals surface area (Å²) >= 11 is 3.43. The third kappa shape index (κ3) is 6.99. The van der Waals surface area contributed by atoms with Gasteiger partial charge < -0.3 is 5.32 Å². The average molecular weight is 530 g/mol. The van der Waals surface area contributed by atoms with E-state index >= 15 is 0 Å². The number of amides is 1. The van der Waals surface area contributed by atoms with Gasteiger partial charge in [-0.1, -0.05) is 88.7 Å². The molecule has 1 N–H and O–H groups in total. The van der Waals surface area contributed by atoms with E-state index in [1.807, 2.05) is 60.7 Å². The van der Waals surface area contributed by atoms with Crippen LogP contribution in [0.4, 0.5) is 0 Å². The minimum Gasteiger partial charge on any atom is -0.356 e. The topological polar surface area (TPSA) is 64.0 Å². The molecule has 0 saturated heterocycles. The molecule has 0 unspecified atom stereocenters. The Balaban J connectivity index is 1.29. The molecule has 0 aliphatic rings. The normalized spacial score (nSPS) is 10.9. The summed E-state index contributed by atoms with van der Waals surface area (Å²) < 4.78 is 2.42. The molecule has 0 bridgehead atoms. The lowest BCUT2D eigenvalue weighted by Gasteiger charge is -2.18. The molecule has 6 heteroatoms. The van der Waals surface area contributed by atoms with Gasteiger partial charge in [0.1, 0.15) is 0 Å². The van der Waals surface area contributed by atoms with Crippen molar-refractivity contribution in [3.8, 4) is 11.3 Å². The molecular formula is C29H28BrN3O2. The molecular weight excluding hydrogens is 502 g/mol. The third-order valence-corrected chi connectivity index (χ3v) is 6.47. The van der Waals surface area contributed by atoms with Crippen LogP contribution in [0.15, 0.2) is 106 Å². The second kappa shape index (κ2) is 12.3. The Morgan fingerprint density at radius 3 is 2.11 bits per heavy atom. The molecule has 5 nitrogen and oxygen atoms in total. The molecule has 0 fully saturated rings. The van der Waals surface area contributed by atoms with Gasteiger partial charge in [-0.05, 0) is 42.2 Å². The van der Waals surface area contributed by atoms with Crippen molar-refractivity contribution >= 4 is 21.8 Å². The largest absolute Gasteiger partial charge is 0.356 e. The molecule has 1 amide bonds. The summed E-state index contributed by atoms with van der Waals surface area (Å²) in [4.78, 5) is 24.7. The van der Waals surface area contributed by atoms with Crippen molar-refractivity contribution in [3.05, 3.63) is 123 Å². The van der Waals surface area contributed by atoms with E-state index in [1.54, 1.807) is 6.07 Å². The van der Waals surface area contributed by atoms with Crippen LogP contribution in [0.25, 0.3) is 11.3 Å². The zero-order valence-corrected chi connectivity index (χ0v) is 21.0. The minimum absolute atomic E-state index is 0.0120. The summed E-state index contributed by atoms with van der Waals surface area (Å²) in [5, 5.41) is 7.52. The summed E-state index contributed by atoms with van der Waals surface area (Å²) in [7, 11) is 0. The number of benzene rings is 3. The molecule has 0 aliphatic heterocycles. The first-order valence-electron chi connectivity index (χ1n) is 11.8. The smallest absolute Gasteiger partial charge is 0.266 e. The van der Waals surface area contributed by atoms with Crippen LogP contribution >= 0.6 is 15.9 Å². The Morgan fingerprint density at radius 2 is 1.49 bits per heavy atom. The maximum Gasteiger partial charge on any atom is 0.266 e. The van der Waals surface area contributed by atoms with Crippen molar-refractivity contribution in [3.63, 3.8) is 0 Å². The lowest BCUT2D eigenvalue weighted by Crippen LogP contribution is -2.27. The second-order valence-corrected chi connectivity index (χ2v) is 9.32. The van der Waals surface area contributed by atoms with E-state index in [4.69, 9.17) is 0 Å². The molecule has 4 rings (SSSR count). The molecule has 0 atom stereocenters. The zero-order chi connectivity index (χ0) is 24.5. The van der Waals surface area contributed by atoms with E-state index in [1.165, 1.54) is 21.9 Å². The summed E-state index contributed by atoms with van der Waals surface area (Å²) in [6.07, 6.45) is 1.71. The van der Waals surface area contributed by atoms with E-state index in [9.17, 15) is 9.59 Å². The quantitative estimate of drug-likeness (QED) is 0.282. The molecule has 0 spiro atoms. The van der Waals surface area contributed by atoms with Crippen LogP contribution in [0, 0.1) is 0 Å². The number of aryl methyl sites for hydroxylation is 1. The Bertz CT molecular complexity index is 1250. The fourth-order valence-corrected chi connectivity index (χ4v) is 4.38. The van der Waals surface area contributed by atoms with Gasteiger partial charge in [-0.2, -0.15) is 5.10 Å². The zero-order valence-electron chi connectivity index (χ0n) is 19.4. The standard InChI is InChI=1S/C29H28BrN3O2/c30-25-15-13-24(14-16-25)27-17-18-29(35)33(32-27)21-7-12-28(34)31-20-19-26(22-8-3-1-4-9-22)23-10-5-2-6-11-23/h1-6,8-11,13-18,26H,7,12,19-21H2,(H,31,34). The third-order valence-electron chi connectivity index (χ3n) is 5.94. The van der Waals surface area contributed by atoms with Crippen LogP contribution in [0.1, 0.15) is 36.3 Å². The van der Waals surface area contributed by atoms with Gasteiger partial charge in [-0.3, -0.25) is 9.59 Å². The number of nitrogens with zero attached hydrogens (tertiary/aromatic N) is 2.